The summed E-state index contributed by atoms with van der Waals surface area (Å²) in [5, 5.41) is 9.64. The molecule has 1 heterocycles. The van der Waals surface area contributed by atoms with Crippen molar-refractivity contribution in [1.82, 2.24) is 14.8 Å². The SMILES string of the molecule is CC(C)C1=C2C3CC[C@H]4C(C)(CC[C@H]5C(C)(C)[C@@H](OC(=O)CC(C)(C)C(=O)O)CC[C@@]54C)[C@]3(C)CC[C@@]2(CCN(CCN(C)C)C(=O)c2ccccn2)CC1=O. The average molecular weight is 774 g/mol. The molecule has 0 spiro atoms. The van der Waals surface area contributed by atoms with Crippen LogP contribution in [0.5, 0.6) is 0 Å². The van der Waals surface area contributed by atoms with Crippen molar-refractivity contribution in [1.29, 1.82) is 0 Å². The minimum Gasteiger partial charge on any atom is -0.481 e. The molecule has 9 nitrogen and oxygen atoms in total. The third-order valence-electron chi connectivity index (χ3n) is 16.8. The van der Waals surface area contributed by atoms with Crippen LogP contribution < -0.4 is 0 Å². The second-order valence-corrected chi connectivity index (χ2v) is 21.2. The number of esters is 1. The minimum atomic E-state index is -1.17. The summed E-state index contributed by atoms with van der Waals surface area (Å²) < 4.78 is 6.19. The Bertz CT molecular complexity index is 1730. The monoisotopic (exact) mass is 774 g/mol. The smallest absolute Gasteiger partial charge is 0.309 e. The van der Waals surface area contributed by atoms with Crippen LogP contribution in [-0.2, 0) is 19.1 Å². The summed E-state index contributed by atoms with van der Waals surface area (Å²) in [6.45, 7) is 21.8. The first-order chi connectivity index (χ1) is 26.0. The molecule has 0 aromatic carbocycles. The number of likely N-dealkylation sites (N-methyl/N-ethyl adjacent to an activating group) is 1. The Balaban J connectivity index is 1.28. The Kier molecular flexibility index (Phi) is 11.4. The summed E-state index contributed by atoms with van der Waals surface area (Å²) in [5.74, 6) is 0.224. The van der Waals surface area contributed by atoms with Gasteiger partial charge in [-0.15, -0.1) is 0 Å². The fourth-order valence-electron chi connectivity index (χ4n) is 13.5. The van der Waals surface area contributed by atoms with Gasteiger partial charge in [-0.2, -0.15) is 0 Å². The van der Waals surface area contributed by atoms with E-state index in [0.717, 1.165) is 69.9 Å². The van der Waals surface area contributed by atoms with Gasteiger partial charge in [0.1, 0.15) is 11.8 Å². The summed E-state index contributed by atoms with van der Waals surface area (Å²) in [6.07, 6.45) is 10.8. The molecule has 1 N–H and O–H groups in total. The number of fused-ring (bicyclic) bond motifs is 7. The number of carboxylic acid groups (broad SMARTS) is 1. The third kappa shape index (κ3) is 6.97. The van der Waals surface area contributed by atoms with Crippen molar-refractivity contribution in [3.63, 3.8) is 0 Å². The maximum absolute atomic E-state index is 14.3. The van der Waals surface area contributed by atoms with Gasteiger partial charge in [-0.3, -0.25) is 24.2 Å². The first kappa shape index (κ1) is 42.5. The fraction of sp³-hybridized carbons (Fsp3) is 0.766. The molecule has 4 saturated carbocycles. The number of nitrogens with zero attached hydrogens (tertiary/aromatic N) is 3. The number of hydrogen-bond donors (Lipinski definition) is 1. The molecule has 310 valence electrons. The minimum absolute atomic E-state index is 0.0255. The molecule has 0 radical (unpaired) electrons. The zero-order valence-corrected chi connectivity index (χ0v) is 36.4. The lowest BCUT2D eigenvalue weighted by Crippen LogP contribution is -2.65. The van der Waals surface area contributed by atoms with Gasteiger partial charge in [0.15, 0.2) is 5.78 Å². The highest BCUT2D eigenvalue weighted by atomic mass is 16.5. The van der Waals surface area contributed by atoms with Crippen LogP contribution in [0.25, 0.3) is 0 Å². The lowest BCUT2D eigenvalue weighted by molar-refractivity contribution is -0.233. The van der Waals surface area contributed by atoms with Crippen LogP contribution in [0.3, 0.4) is 0 Å². The molecular weight excluding hydrogens is 703 g/mol. The maximum atomic E-state index is 14.3. The van der Waals surface area contributed by atoms with E-state index in [4.69, 9.17) is 4.74 Å². The molecule has 2 unspecified atom stereocenters. The largest absolute Gasteiger partial charge is 0.481 e. The molecule has 6 rings (SSSR count). The molecule has 1 aromatic rings. The van der Waals surface area contributed by atoms with Gasteiger partial charge in [0.05, 0.1) is 11.8 Å². The van der Waals surface area contributed by atoms with Crippen molar-refractivity contribution >= 4 is 23.6 Å². The van der Waals surface area contributed by atoms with Crippen LogP contribution in [0.4, 0.5) is 0 Å². The number of amides is 1. The molecular formula is C47H71N3O6. The van der Waals surface area contributed by atoms with E-state index in [2.05, 4.69) is 58.4 Å². The van der Waals surface area contributed by atoms with Gasteiger partial charge in [-0.05, 0) is 143 Å². The van der Waals surface area contributed by atoms with Crippen LogP contribution in [-0.4, -0.2) is 83.4 Å². The van der Waals surface area contributed by atoms with Crippen molar-refractivity contribution < 1.29 is 29.0 Å². The predicted molar refractivity (Wildman–Crippen MR) is 219 cm³/mol. The van der Waals surface area contributed by atoms with Crippen LogP contribution in [0.2, 0.25) is 0 Å². The van der Waals surface area contributed by atoms with Crippen molar-refractivity contribution in [2.45, 2.75) is 139 Å². The number of aromatic nitrogens is 1. The molecule has 5 aliphatic carbocycles. The Morgan fingerprint density at radius 3 is 2.25 bits per heavy atom. The first-order valence-corrected chi connectivity index (χ1v) is 21.6. The van der Waals surface area contributed by atoms with E-state index in [0.29, 0.717) is 48.7 Å². The molecule has 0 saturated heterocycles. The van der Waals surface area contributed by atoms with Gasteiger partial charge in [-0.1, -0.05) is 60.1 Å². The number of rotatable bonds is 12. The van der Waals surface area contributed by atoms with Gasteiger partial charge in [-0.25, -0.2) is 0 Å². The molecule has 1 aromatic heterocycles. The number of carbonyl (C=O) groups excluding carboxylic acids is 3. The standard InChI is InChI=1S/C47H71N3O6/c1-30(2)38-33(51)28-47(23-25-50(27-26-49(10)11)40(53)32-14-12-13-24-48-32)22-21-45(8)31(39(38)47)15-16-35-44(7)19-18-36(56-37(52)29-42(3,4)41(54)55)43(5,6)34(44)17-20-46(35,45)9/h12-14,24,30-31,34-36H,15-23,25-29H2,1-11H3,(H,54,55)/t31?,34-,35+,36-,44-,45+,46?,47+/m0/s1. The van der Waals surface area contributed by atoms with E-state index in [1.54, 1.807) is 26.1 Å². The highest BCUT2D eigenvalue weighted by molar-refractivity contribution is 6.00. The second-order valence-electron chi connectivity index (χ2n) is 21.2. The van der Waals surface area contributed by atoms with Crippen LogP contribution >= 0.6 is 0 Å². The van der Waals surface area contributed by atoms with Crippen LogP contribution in [0.15, 0.2) is 35.5 Å². The number of carboxylic acids is 1. The number of aliphatic carboxylic acids is 1. The summed E-state index contributed by atoms with van der Waals surface area (Å²) in [5.41, 5.74) is 1.52. The lowest BCUT2D eigenvalue weighted by Gasteiger charge is -2.72. The van der Waals surface area contributed by atoms with Crippen LogP contribution in [0, 0.1) is 56.2 Å². The molecule has 4 fully saturated rings. The molecule has 8 atom stereocenters. The molecule has 0 bridgehead atoms. The highest BCUT2D eigenvalue weighted by Crippen LogP contribution is 2.77. The predicted octanol–water partition coefficient (Wildman–Crippen LogP) is 8.87. The topological polar surface area (TPSA) is 117 Å². The van der Waals surface area contributed by atoms with Crippen molar-refractivity contribution in [3.8, 4) is 0 Å². The van der Waals surface area contributed by atoms with E-state index >= 15 is 0 Å². The molecule has 5 aliphatic rings. The van der Waals surface area contributed by atoms with E-state index < -0.39 is 17.4 Å². The van der Waals surface area contributed by atoms with E-state index in [-0.39, 0.29) is 51.4 Å². The number of ether oxygens (including phenoxy) is 1. The number of Topliss-reactive ketones (excluding diaryl/α,β-unsaturated/α-hetero) is 1. The summed E-state index contributed by atoms with van der Waals surface area (Å²) in [7, 11) is 4.07. The number of carbonyl (C=O) groups is 4. The van der Waals surface area contributed by atoms with E-state index in [9.17, 15) is 24.3 Å². The Labute approximate surface area is 336 Å². The van der Waals surface area contributed by atoms with E-state index in [1.807, 2.05) is 31.1 Å². The van der Waals surface area contributed by atoms with Gasteiger partial charge in [0, 0.05) is 43.1 Å². The number of hydrogen-bond acceptors (Lipinski definition) is 7. The van der Waals surface area contributed by atoms with Gasteiger partial charge >= 0.3 is 11.9 Å². The zero-order valence-electron chi connectivity index (χ0n) is 36.4. The molecule has 56 heavy (non-hydrogen) atoms. The van der Waals surface area contributed by atoms with Crippen molar-refractivity contribution in [2.75, 3.05) is 33.7 Å². The van der Waals surface area contributed by atoms with Crippen molar-refractivity contribution in [2.24, 2.45) is 56.2 Å². The Hall–Kier alpha value is -3.07. The average Bonchev–Trinajstić information content (AvgIpc) is 3.41. The number of ketones is 1. The summed E-state index contributed by atoms with van der Waals surface area (Å²) in [6, 6.07) is 5.51. The Morgan fingerprint density at radius 1 is 0.911 bits per heavy atom. The maximum Gasteiger partial charge on any atom is 0.309 e. The zero-order chi connectivity index (χ0) is 41.2. The molecule has 9 heteroatoms. The third-order valence-corrected chi connectivity index (χ3v) is 16.8. The van der Waals surface area contributed by atoms with Gasteiger partial charge in [0.2, 0.25) is 0 Å². The fourth-order valence-corrected chi connectivity index (χ4v) is 13.5. The molecule has 0 aliphatic heterocycles. The normalized spacial score (nSPS) is 35.1. The number of pyridine rings is 1. The van der Waals surface area contributed by atoms with Crippen molar-refractivity contribution in [3.05, 3.63) is 41.2 Å². The lowest BCUT2D eigenvalue weighted by atomic mass is 9.33. The highest BCUT2D eigenvalue weighted by Gasteiger charge is 2.70. The van der Waals surface area contributed by atoms with Gasteiger partial charge in [0.25, 0.3) is 5.91 Å². The summed E-state index contributed by atoms with van der Waals surface area (Å²) >= 11 is 0. The second kappa shape index (κ2) is 14.9. The number of allylic oxidation sites excluding steroid dienone is 2. The first-order valence-electron chi connectivity index (χ1n) is 21.6. The Morgan fingerprint density at radius 2 is 1.62 bits per heavy atom. The van der Waals surface area contributed by atoms with Crippen LogP contribution in [0.1, 0.15) is 143 Å². The van der Waals surface area contributed by atoms with E-state index in [1.165, 1.54) is 5.57 Å². The van der Waals surface area contributed by atoms with Gasteiger partial charge < -0.3 is 19.6 Å². The molecule has 1 amide bonds. The quantitative estimate of drug-likeness (QED) is 0.210. The summed E-state index contributed by atoms with van der Waals surface area (Å²) in [4.78, 5) is 61.6.